The molecule has 1 unspecified atom stereocenters. The second-order valence-corrected chi connectivity index (χ2v) is 6.44. The van der Waals surface area contributed by atoms with Crippen LogP contribution in [0.2, 0.25) is 0 Å². The molecule has 1 aromatic carbocycles. The van der Waals surface area contributed by atoms with Crippen LogP contribution in [0, 0.1) is 0 Å². The highest BCUT2D eigenvalue weighted by Crippen LogP contribution is 2.19. The summed E-state index contributed by atoms with van der Waals surface area (Å²) >= 11 is 0. The Balaban J connectivity index is 0.00000261. The van der Waals surface area contributed by atoms with Gasteiger partial charge in [-0.1, -0.05) is 30.3 Å². The molecule has 1 aliphatic rings. The van der Waals surface area contributed by atoms with Crippen molar-refractivity contribution >= 4 is 29.9 Å². The molecule has 0 aliphatic carbocycles. The Kier molecular flexibility index (Phi) is 6.95. The first kappa shape index (κ1) is 20.9. The molecule has 1 aliphatic heterocycles. The Morgan fingerprint density at radius 2 is 1.93 bits per heavy atom. The van der Waals surface area contributed by atoms with Gasteiger partial charge in [-0.05, 0) is 12.5 Å². The molecule has 2 amide bonds. The first-order valence-corrected chi connectivity index (χ1v) is 8.50. The summed E-state index contributed by atoms with van der Waals surface area (Å²) in [5.41, 5.74) is 6.24. The van der Waals surface area contributed by atoms with Gasteiger partial charge in [-0.15, -0.1) is 12.4 Å². The zero-order valence-corrected chi connectivity index (χ0v) is 15.9. The van der Waals surface area contributed by atoms with E-state index in [1.165, 1.54) is 10.9 Å². The normalized spacial score (nSPS) is 16.1. The molecule has 146 valence electrons. The first-order valence-electron chi connectivity index (χ1n) is 8.50. The zero-order chi connectivity index (χ0) is 18.6. The number of halogens is 1. The summed E-state index contributed by atoms with van der Waals surface area (Å²) in [6.45, 7) is 4.07. The number of anilines is 1. The molecule has 1 atom stereocenters. The second kappa shape index (κ2) is 8.98. The number of hydrogen-bond donors (Lipinski definition) is 2. The van der Waals surface area contributed by atoms with Crippen LogP contribution in [0.5, 0.6) is 0 Å². The Hall–Kier alpha value is -2.42. The molecule has 27 heavy (non-hydrogen) atoms. The number of ether oxygens (including phenoxy) is 1. The summed E-state index contributed by atoms with van der Waals surface area (Å²) in [6, 6.07) is 9.16. The van der Waals surface area contributed by atoms with Crippen LogP contribution in [0.1, 0.15) is 12.5 Å². The monoisotopic (exact) mass is 393 g/mol. The number of rotatable bonds is 5. The molecule has 1 fully saturated rings. The predicted molar refractivity (Wildman–Crippen MR) is 103 cm³/mol. The van der Waals surface area contributed by atoms with Gasteiger partial charge in [-0.3, -0.25) is 14.3 Å². The van der Waals surface area contributed by atoms with Crippen LogP contribution in [-0.4, -0.2) is 52.8 Å². The maximum absolute atomic E-state index is 12.6. The highest BCUT2D eigenvalue weighted by molar-refractivity contribution is 5.98. The SMILES string of the molecule is CC(N)(C(=O)Nc1cnn(CC(=O)N2CCOCC2)c1)c1ccccc1.Cl. The summed E-state index contributed by atoms with van der Waals surface area (Å²) in [4.78, 5) is 26.5. The summed E-state index contributed by atoms with van der Waals surface area (Å²) < 4.78 is 6.74. The molecule has 3 rings (SSSR count). The van der Waals surface area contributed by atoms with Gasteiger partial charge in [0.15, 0.2) is 0 Å². The average Bonchev–Trinajstić information content (AvgIpc) is 3.10. The second-order valence-electron chi connectivity index (χ2n) is 6.44. The topological polar surface area (TPSA) is 102 Å². The fraction of sp³-hybridized carbons (Fsp3) is 0.389. The van der Waals surface area contributed by atoms with Crippen LogP contribution < -0.4 is 11.1 Å². The number of benzene rings is 1. The van der Waals surface area contributed by atoms with Crippen molar-refractivity contribution in [2.24, 2.45) is 5.73 Å². The number of carbonyl (C=O) groups is 2. The maximum atomic E-state index is 12.6. The number of amides is 2. The van der Waals surface area contributed by atoms with Gasteiger partial charge in [-0.2, -0.15) is 5.10 Å². The largest absolute Gasteiger partial charge is 0.378 e. The van der Waals surface area contributed by atoms with E-state index >= 15 is 0 Å². The molecule has 2 aromatic rings. The zero-order valence-electron chi connectivity index (χ0n) is 15.1. The lowest BCUT2D eigenvalue weighted by molar-refractivity contribution is -0.136. The third-order valence-electron chi connectivity index (χ3n) is 4.40. The molecule has 0 bridgehead atoms. The van der Waals surface area contributed by atoms with Crippen LogP contribution in [-0.2, 0) is 26.4 Å². The molecule has 0 radical (unpaired) electrons. The van der Waals surface area contributed by atoms with E-state index < -0.39 is 5.54 Å². The van der Waals surface area contributed by atoms with Gasteiger partial charge in [0.2, 0.25) is 11.8 Å². The molecule has 3 N–H and O–H groups in total. The van der Waals surface area contributed by atoms with Gasteiger partial charge >= 0.3 is 0 Å². The Labute approximate surface area is 164 Å². The molecule has 1 aromatic heterocycles. The van der Waals surface area contributed by atoms with Crippen molar-refractivity contribution < 1.29 is 14.3 Å². The predicted octanol–water partition coefficient (Wildman–Crippen LogP) is 0.976. The van der Waals surface area contributed by atoms with Crippen LogP contribution in [0.3, 0.4) is 0 Å². The first-order chi connectivity index (χ1) is 12.5. The smallest absolute Gasteiger partial charge is 0.248 e. The minimum Gasteiger partial charge on any atom is -0.378 e. The molecule has 2 heterocycles. The Morgan fingerprint density at radius 3 is 2.59 bits per heavy atom. The number of nitrogens with two attached hydrogens (primary N) is 1. The van der Waals surface area contributed by atoms with E-state index in [1.807, 2.05) is 30.3 Å². The Morgan fingerprint density at radius 1 is 1.26 bits per heavy atom. The van der Waals surface area contributed by atoms with Crippen molar-refractivity contribution in [1.29, 1.82) is 0 Å². The molecule has 1 saturated heterocycles. The van der Waals surface area contributed by atoms with Crippen LogP contribution in [0.25, 0.3) is 0 Å². The minimum atomic E-state index is -1.17. The number of nitrogens with one attached hydrogen (secondary N) is 1. The molecule has 9 heteroatoms. The van der Waals surface area contributed by atoms with Crippen molar-refractivity contribution in [3.8, 4) is 0 Å². The Bertz CT molecular complexity index is 772. The average molecular weight is 394 g/mol. The third-order valence-corrected chi connectivity index (χ3v) is 4.40. The van der Waals surface area contributed by atoms with E-state index in [0.717, 1.165) is 0 Å². The van der Waals surface area contributed by atoms with E-state index in [2.05, 4.69) is 10.4 Å². The summed E-state index contributed by atoms with van der Waals surface area (Å²) in [5.74, 6) is -0.370. The minimum absolute atomic E-state index is 0. The van der Waals surface area contributed by atoms with E-state index in [1.54, 1.807) is 18.0 Å². The highest BCUT2D eigenvalue weighted by atomic mass is 35.5. The van der Waals surface area contributed by atoms with Crippen LogP contribution in [0.15, 0.2) is 42.7 Å². The van der Waals surface area contributed by atoms with E-state index in [9.17, 15) is 9.59 Å². The summed E-state index contributed by atoms with van der Waals surface area (Å²) in [7, 11) is 0. The molecule has 0 spiro atoms. The fourth-order valence-electron chi connectivity index (χ4n) is 2.74. The van der Waals surface area contributed by atoms with Gasteiger partial charge in [0.1, 0.15) is 12.1 Å². The number of morpholine rings is 1. The van der Waals surface area contributed by atoms with Crippen molar-refractivity contribution in [3.63, 3.8) is 0 Å². The van der Waals surface area contributed by atoms with Gasteiger partial charge in [0.05, 0.1) is 25.1 Å². The highest BCUT2D eigenvalue weighted by Gasteiger charge is 2.30. The molecule has 0 saturated carbocycles. The van der Waals surface area contributed by atoms with Crippen LogP contribution in [0.4, 0.5) is 5.69 Å². The van der Waals surface area contributed by atoms with Crippen molar-refractivity contribution in [3.05, 3.63) is 48.3 Å². The maximum Gasteiger partial charge on any atom is 0.248 e. The van der Waals surface area contributed by atoms with Gasteiger partial charge in [0.25, 0.3) is 0 Å². The lowest BCUT2D eigenvalue weighted by Gasteiger charge is -2.26. The number of nitrogens with zero attached hydrogens (tertiary/aromatic N) is 3. The van der Waals surface area contributed by atoms with E-state index in [-0.39, 0.29) is 30.8 Å². The quantitative estimate of drug-likeness (QED) is 0.788. The fourth-order valence-corrected chi connectivity index (χ4v) is 2.74. The number of carbonyl (C=O) groups excluding carboxylic acids is 2. The van der Waals surface area contributed by atoms with Crippen LogP contribution >= 0.6 is 12.4 Å². The summed E-state index contributed by atoms with van der Waals surface area (Å²) in [5, 5.41) is 6.90. The van der Waals surface area contributed by atoms with E-state index in [0.29, 0.717) is 37.6 Å². The van der Waals surface area contributed by atoms with Crippen molar-refractivity contribution in [1.82, 2.24) is 14.7 Å². The lowest BCUT2D eigenvalue weighted by atomic mass is 9.92. The number of aromatic nitrogens is 2. The van der Waals surface area contributed by atoms with Gasteiger partial charge in [0, 0.05) is 19.3 Å². The van der Waals surface area contributed by atoms with Crippen molar-refractivity contribution in [2.75, 3.05) is 31.6 Å². The van der Waals surface area contributed by atoms with E-state index in [4.69, 9.17) is 10.5 Å². The van der Waals surface area contributed by atoms with Gasteiger partial charge < -0.3 is 20.7 Å². The number of hydrogen-bond acceptors (Lipinski definition) is 5. The molecule has 8 nitrogen and oxygen atoms in total. The van der Waals surface area contributed by atoms with Crippen molar-refractivity contribution in [2.45, 2.75) is 19.0 Å². The lowest BCUT2D eigenvalue weighted by Crippen LogP contribution is -2.45. The van der Waals surface area contributed by atoms with Gasteiger partial charge in [-0.25, -0.2) is 0 Å². The third kappa shape index (κ3) is 5.06. The summed E-state index contributed by atoms with van der Waals surface area (Å²) in [6.07, 6.45) is 3.13. The standard InChI is InChI=1S/C18H23N5O3.ClH/c1-18(19,14-5-3-2-4-6-14)17(25)21-15-11-20-23(12-15)13-16(24)22-7-9-26-10-8-22;/h2-6,11-12H,7-10,13,19H2,1H3,(H,21,25);1H. The molecular formula is C18H24ClN5O3. The molecular weight excluding hydrogens is 370 g/mol.